The average molecular weight is 342 g/mol. The lowest BCUT2D eigenvalue weighted by Crippen LogP contribution is -2.04. The maximum absolute atomic E-state index is 12.5. The normalized spacial score (nSPS) is 14.2. The Kier molecular flexibility index (Phi) is 4.15. The summed E-state index contributed by atoms with van der Waals surface area (Å²) in [6, 6.07) is 17.6. The van der Waals surface area contributed by atoms with Gasteiger partial charge in [0, 0.05) is 34.8 Å². The van der Waals surface area contributed by atoms with E-state index in [0.29, 0.717) is 12.2 Å². The topological polar surface area (TPSA) is 43.3 Å². The first-order valence-corrected chi connectivity index (χ1v) is 8.40. The molecule has 4 heteroatoms. The zero-order valence-corrected chi connectivity index (χ0v) is 14.2. The van der Waals surface area contributed by atoms with Crippen molar-refractivity contribution in [3.05, 3.63) is 90.8 Å². The minimum atomic E-state index is -0.108. The molecule has 2 heterocycles. The van der Waals surface area contributed by atoms with Crippen LogP contribution < -0.4 is 10.1 Å². The van der Waals surface area contributed by atoms with Gasteiger partial charge in [0.15, 0.2) is 0 Å². The molecule has 0 bridgehead atoms. The second-order valence-corrected chi connectivity index (χ2v) is 5.97. The third-order valence-electron chi connectivity index (χ3n) is 4.26. The van der Waals surface area contributed by atoms with Crippen molar-refractivity contribution in [3.8, 4) is 11.4 Å². The molecule has 0 unspecified atom stereocenters. The van der Waals surface area contributed by atoms with Gasteiger partial charge in [-0.2, -0.15) is 0 Å². The van der Waals surface area contributed by atoms with Crippen LogP contribution in [0, 0.1) is 0 Å². The number of hydrogen-bond donors (Lipinski definition) is 1. The molecule has 0 atom stereocenters. The van der Waals surface area contributed by atoms with Gasteiger partial charge < -0.3 is 14.6 Å². The Hall–Kier alpha value is -3.53. The van der Waals surface area contributed by atoms with Crippen molar-refractivity contribution < 1.29 is 9.53 Å². The zero-order valence-electron chi connectivity index (χ0n) is 14.2. The molecule has 0 fully saturated rings. The molecule has 1 aliphatic heterocycles. The molecule has 0 radical (unpaired) electrons. The number of benzene rings is 2. The van der Waals surface area contributed by atoms with Gasteiger partial charge >= 0.3 is 0 Å². The second kappa shape index (κ2) is 6.76. The van der Waals surface area contributed by atoms with Crippen LogP contribution >= 0.6 is 0 Å². The van der Waals surface area contributed by atoms with Crippen LogP contribution in [0.15, 0.2) is 79.6 Å². The van der Waals surface area contributed by atoms with E-state index in [9.17, 15) is 4.79 Å². The summed E-state index contributed by atoms with van der Waals surface area (Å²) in [7, 11) is 0. The molecule has 0 aliphatic carbocycles. The molecule has 3 aromatic rings. The van der Waals surface area contributed by atoms with Gasteiger partial charge in [0.25, 0.3) is 5.91 Å². The number of amides is 1. The maximum Gasteiger partial charge on any atom is 0.256 e. The Labute approximate surface area is 152 Å². The summed E-state index contributed by atoms with van der Waals surface area (Å²) in [6.07, 6.45) is 7.52. The first-order chi connectivity index (χ1) is 12.8. The van der Waals surface area contributed by atoms with E-state index in [1.54, 1.807) is 6.08 Å². The molecule has 0 saturated carbocycles. The predicted octanol–water partition coefficient (Wildman–Crippen LogP) is 4.53. The first-order valence-electron chi connectivity index (χ1n) is 8.40. The number of carbonyl (C=O) groups excluding carboxylic acids is 1. The van der Waals surface area contributed by atoms with Crippen LogP contribution in [-0.4, -0.2) is 17.1 Å². The Balaban J connectivity index is 1.73. The van der Waals surface area contributed by atoms with E-state index in [-0.39, 0.29) is 5.91 Å². The van der Waals surface area contributed by atoms with Gasteiger partial charge in [-0.1, -0.05) is 36.9 Å². The molecule has 1 amide bonds. The van der Waals surface area contributed by atoms with Gasteiger partial charge in [0.1, 0.15) is 12.4 Å². The van der Waals surface area contributed by atoms with Gasteiger partial charge in [0.2, 0.25) is 0 Å². The number of nitrogens with zero attached hydrogens (tertiary/aromatic N) is 1. The van der Waals surface area contributed by atoms with E-state index >= 15 is 0 Å². The van der Waals surface area contributed by atoms with Crippen molar-refractivity contribution >= 4 is 23.2 Å². The van der Waals surface area contributed by atoms with Crippen molar-refractivity contribution in [1.29, 1.82) is 0 Å². The number of ether oxygens (including phenoxy) is 1. The van der Waals surface area contributed by atoms with Crippen LogP contribution in [0.4, 0.5) is 5.69 Å². The van der Waals surface area contributed by atoms with Crippen molar-refractivity contribution in [1.82, 2.24) is 4.57 Å². The highest BCUT2D eigenvalue weighted by atomic mass is 16.5. The van der Waals surface area contributed by atoms with Crippen LogP contribution in [-0.2, 0) is 4.79 Å². The number of nitrogens with one attached hydrogen (secondary N) is 1. The molecule has 4 nitrogen and oxygen atoms in total. The number of aromatic nitrogens is 1. The third kappa shape index (κ3) is 2.93. The summed E-state index contributed by atoms with van der Waals surface area (Å²) in [5, 5.41) is 2.96. The average Bonchev–Trinajstić information content (AvgIpc) is 3.29. The molecule has 26 heavy (non-hydrogen) atoms. The largest absolute Gasteiger partial charge is 0.489 e. The number of para-hydroxylation sites is 1. The van der Waals surface area contributed by atoms with E-state index in [1.165, 1.54) is 0 Å². The number of rotatable bonds is 5. The summed E-state index contributed by atoms with van der Waals surface area (Å²) in [4.78, 5) is 12.5. The summed E-state index contributed by atoms with van der Waals surface area (Å²) in [6.45, 7) is 4.09. The Bertz CT molecular complexity index is 1000. The van der Waals surface area contributed by atoms with Crippen LogP contribution in [0.1, 0.15) is 11.1 Å². The second-order valence-electron chi connectivity index (χ2n) is 5.97. The zero-order chi connectivity index (χ0) is 17.9. The lowest BCUT2D eigenvalue weighted by molar-refractivity contribution is -0.110. The summed E-state index contributed by atoms with van der Waals surface area (Å²) < 4.78 is 7.70. The van der Waals surface area contributed by atoms with Gasteiger partial charge in [0.05, 0.1) is 5.69 Å². The minimum absolute atomic E-state index is 0.108. The molecular formula is C22H18N2O2. The molecular weight excluding hydrogens is 324 g/mol. The summed E-state index contributed by atoms with van der Waals surface area (Å²) in [5.74, 6) is 0.619. The molecule has 128 valence electrons. The van der Waals surface area contributed by atoms with Crippen molar-refractivity contribution in [2.45, 2.75) is 0 Å². The molecule has 4 rings (SSSR count). The standard InChI is InChI=1S/C22H18N2O2/c1-2-13-26-21-8-4-3-7-16(21)14-19-18-10-9-17(24-11-5-6-12-24)15-20(18)23-22(19)25/h2-12,14-15H,1,13H2,(H,23,25). The van der Waals surface area contributed by atoms with E-state index in [1.807, 2.05) is 77.6 Å². The highest BCUT2D eigenvalue weighted by Gasteiger charge is 2.24. The van der Waals surface area contributed by atoms with E-state index < -0.39 is 0 Å². The van der Waals surface area contributed by atoms with Crippen molar-refractivity contribution in [3.63, 3.8) is 0 Å². The highest BCUT2D eigenvalue weighted by Crippen LogP contribution is 2.35. The Morgan fingerprint density at radius 1 is 1.08 bits per heavy atom. The molecule has 1 N–H and O–H groups in total. The fraction of sp³-hybridized carbons (Fsp3) is 0.0455. The number of carbonyl (C=O) groups is 1. The minimum Gasteiger partial charge on any atom is -0.489 e. The monoisotopic (exact) mass is 342 g/mol. The molecule has 1 aliphatic rings. The highest BCUT2D eigenvalue weighted by molar-refractivity contribution is 6.35. The number of anilines is 1. The smallest absolute Gasteiger partial charge is 0.256 e. The Morgan fingerprint density at radius 3 is 2.69 bits per heavy atom. The van der Waals surface area contributed by atoms with Gasteiger partial charge in [-0.3, -0.25) is 4.79 Å². The van der Waals surface area contributed by atoms with Crippen LogP contribution in [0.5, 0.6) is 5.75 Å². The Morgan fingerprint density at radius 2 is 1.88 bits per heavy atom. The predicted molar refractivity (Wildman–Crippen MR) is 104 cm³/mol. The lowest BCUT2D eigenvalue weighted by Gasteiger charge is -2.08. The van der Waals surface area contributed by atoms with E-state index in [0.717, 1.165) is 28.3 Å². The molecule has 1 aromatic heterocycles. The fourth-order valence-electron chi connectivity index (χ4n) is 3.03. The number of hydrogen-bond acceptors (Lipinski definition) is 2. The fourth-order valence-corrected chi connectivity index (χ4v) is 3.03. The third-order valence-corrected chi connectivity index (χ3v) is 4.26. The van der Waals surface area contributed by atoms with Crippen LogP contribution in [0.2, 0.25) is 0 Å². The molecule has 2 aromatic carbocycles. The molecule has 0 spiro atoms. The SMILES string of the molecule is C=CCOc1ccccc1C=C1C(=O)Nc2cc(-n3cccc3)ccc21. The van der Waals surface area contributed by atoms with Gasteiger partial charge in [-0.15, -0.1) is 0 Å². The first kappa shape index (κ1) is 16.0. The van der Waals surface area contributed by atoms with Crippen molar-refractivity contribution in [2.75, 3.05) is 11.9 Å². The number of fused-ring (bicyclic) bond motifs is 1. The molecule has 0 saturated heterocycles. The summed E-state index contributed by atoms with van der Waals surface area (Å²) >= 11 is 0. The van der Waals surface area contributed by atoms with Gasteiger partial charge in [-0.25, -0.2) is 0 Å². The van der Waals surface area contributed by atoms with Crippen LogP contribution in [0.25, 0.3) is 17.3 Å². The summed E-state index contributed by atoms with van der Waals surface area (Å²) in [5.41, 5.74) is 4.21. The maximum atomic E-state index is 12.5. The van der Waals surface area contributed by atoms with Gasteiger partial charge in [-0.05, 0) is 36.4 Å². The van der Waals surface area contributed by atoms with E-state index in [2.05, 4.69) is 11.9 Å². The van der Waals surface area contributed by atoms with Crippen molar-refractivity contribution in [2.24, 2.45) is 0 Å². The van der Waals surface area contributed by atoms with E-state index in [4.69, 9.17) is 4.74 Å². The van der Waals surface area contributed by atoms with Crippen LogP contribution in [0.3, 0.4) is 0 Å². The lowest BCUT2D eigenvalue weighted by atomic mass is 10.0. The quantitative estimate of drug-likeness (QED) is 0.547.